The molecule has 1 N–H and O–H groups in total. The number of amidine groups is 1. The predicted molar refractivity (Wildman–Crippen MR) is 137 cm³/mol. The Balaban J connectivity index is 1.60. The number of rotatable bonds is 5. The maximum Gasteiger partial charge on any atom is 0.238 e. The maximum absolute atomic E-state index is 13.1. The lowest BCUT2D eigenvalue weighted by Crippen LogP contribution is -2.44. The topological polar surface area (TPSA) is 61.8 Å². The largest absolute Gasteiger partial charge is 0.325 e. The molecule has 0 bridgehead atoms. The normalized spacial score (nSPS) is 17.3. The summed E-state index contributed by atoms with van der Waals surface area (Å²) in [6, 6.07) is 21.4. The second-order valence-electron chi connectivity index (χ2n) is 7.30. The number of anilines is 1. The number of nitrogens with one attached hydrogen (secondary N) is 1. The summed E-state index contributed by atoms with van der Waals surface area (Å²) in [4.78, 5) is 32.4. The van der Waals surface area contributed by atoms with E-state index in [1.807, 2.05) is 30.3 Å². The van der Waals surface area contributed by atoms with Gasteiger partial charge in [0.1, 0.15) is 5.25 Å². The van der Waals surface area contributed by atoms with Crippen LogP contribution in [0.5, 0.6) is 0 Å². The Hall–Kier alpha value is -2.51. The van der Waals surface area contributed by atoms with Crippen molar-refractivity contribution in [2.45, 2.75) is 18.2 Å². The number of carbonyl (C=O) groups is 2. The van der Waals surface area contributed by atoms with Gasteiger partial charge in [0.2, 0.25) is 11.8 Å². The quantitative estimate of drug-likeness (QED) is 0.404. The molecule has 0 radical (unpaired) electrons. The van der Waals surface area contributed by atoms with E-state index in [1.165, 1.54) is 11.8 Å². The first kappa shape index (κ1) is 23.6. The number of carbonyl (C=O) groups excluding carboxylic acids is 2. The van der Waals surface area contributed by atoms with E-state index < -0.39 is 5.25 Å². The van der Waals surface area contributed by atoms with Crippen LogP contribution < -0.4 is 5.32 Å². The van der Waals surface area contributed by atoms with E-state index in [0.29, 0.717) is 38.2 Å². The van der Waals surface area contributed by atoms with Crippen LogP contribution in [-0.2, 0) is 16.1 Å². The molecule has 3 aromatic carbocycles. The number of amides is 2. The van der Waals surface area contributed by atoms with E-state index in [4.69, 9.17) is 34.8 Å². The third kappa shape index (κ3) is 6.30. The van der Waals surface area contributed by atoms with Crippen LogP contribution >= 0.6 is 46.6 Å². The Bertz CT molecular complexity index is 1200. The molecule has 33 heavy (non-hydrogen) atoms. The second-order valence-corrected chi connectivity index (χ2v) is 9.78. The molecule has 1 fully saturated rings. The fourth-order valence-electron chi connectivity index (χ4n) is 3.27. The summed E-state index contributed by atoms with van der Waals surface area (Å²) in [6.07, 6.45) is 0.0339. The Morgan fingerprint density at radius 1 is 0.970 bits per heavy atom. The van der Waals surface area contributed by atoms with Gasteiger partial charge in [-0.25, -0.2) is 4.99 Å². The van der Waals surface area contributed by atoms with E-state index in [2.05, 4.69) is 10.3 Å². The maximum atomic E-state index is 13.1. The van der Waals surface area contributed by atoms with Crippen molar-refractivity contribution in [1.82, 2.24) is 4.90 Å². The first-order valence-electron chi connectivity index (χ1n) is 9.99. The number of halogens is 3. The lowest BCUT2D eigenvalue weighted by molar-refractivity contribution is -0.129. The van der Waals surface area contributed by atoms with E-state index in [0.717, 1.165) is 5.56 Å². The van der Waals surface area contributed by atoms with Crippen LogP contribution in [-0.4, -0.2) is 27.1 Å². The van der Waals surface area contributed by atoms with Crippen molar-refractivity contribution in [1.29, 1.82) is 0 Å². The first-order chi connectivity index (χ1) is 15.9. The van der Waals surface area contributed by atoms with Gasteiger partial charge in [-0.1, -0.05) is 83.0 Å². The number of hydrogen-bond donors (Lipinski definition) is 1. The standard InChI is InChI=1S/C24H18Cl3N3O2S/c25-16-7-4-8-19(10-16)29-24-30(14-15-5-2-1-3-6-15)22(31)13-21(33-24)23(32)28-20-11-17(26)9-18(27)12-20/h1-12,21H,13-14H2,(H,28,32). The van der Waals surface area contributed by atoms with Crippen LogP contribution in [0, 0.1) is 0 Å². The van der Waals surface area contributed by atoms with Crippen molar-refractivity contribution >= 4 is 74.9 Å². The van der Waals surface area contributed by atoms with Gasteiger partial charge in [0.15, 0.2) is 5.17 Å². The molecule has 0 saturated carbocycles. The van der Waals surface area contributed by atoms with E-state index in [1.54, 1.807) is 47.4 Å². The molecule has 4 rings (SSSR count). The zero-order valence-electron chi connectivity index (χ0n) is 17.2. The van der Waals surface area contributed by atoms with Crippen LogP contribution in [0.3, 0.4) is 0 Å². The van der Waals surface area contributed by atoms with Crippen molar-refractivity contribution in [3.05, 3.63) is 93.4 Å². The molecule has 1 aliphatic rings. The number of benzene rings is 3. The number of hydrogen-bond acceptors (Lipinski definition) is 4. The van der Waals surface area contributed by atoms with E-state index >= 15 is 0 Å². The summed E-state index contributed by atoms with van der Waals surface area (Å²) in [5.74, 6) is -0.521. The van der Waals surface area contributed by atoms with Crippen molar-refractivity contribution in [3.63, 3.8) is 0 Å². The van der Waals surface area contributed by atoms with Gasteiger partial charge in [-0.2, -0.15) is 0 Å². The van der Waals surface area contributed by atoms with Crippen LogP contribution in [0.15, 0.2) is 77.8 Å². The lowest BCUT2D eigenvalue weighted by Gasteiger charge is -2.32. The van der Waals surface area contributed by atoms with Gasteiger partial charge in [-0.05, 0) is 42.0 Å². The molecule has 2 amide bonds. The zero-order chi connectivity index (χ0) is 23.4. The minimum Gasteiger partial charge on any atom is -0.325 e. The van der Waals surface area contributed by atoms with Crippen molar-refractivity contribution in [2.75, 3.05) is 5.32 Å². The molecule has 1 aliphatic heterocycles. The summed E-state index contributed by atoms with van der Waals surface area (Å²) in [5, 5.41) is 3.91. The Kier molecular flexibility index (Phi) is 7.60. The molecule has 0 spiro atoms. The highest BCUT2D eigenvalue weighted by Crippen LogP contribution is 2.32. The molecule has 1 heterocycles. The molecule has 5 nitrogen and oxygen atoms in total. The molecule has 3 aromatic rings. The Morgan fingerprint density at radius 3 is 2.39 bits per heavy atom. The molecular formula is C24H18Cl3N3O2S. The summed E-state index contributed by atoms with van der Waals surface area (Å²) < 4.78 is 0. The molecule has 1 unspecified atom stereocenters. The van der Waals surface area contributed by atoms with Crippen LogP contribution in [0.25, 0.3) is 0 Å². The van der Waals surface area contributed by atoms with Gasteiger partial charge in [0.25, 0.3) is 0 Å². The Morgan fingerprint density at radius 2 is 1.70 bits per heavy atom. The van der Waals surface area contributed by atoms with Gasteiger partial charge < -0.3 is 5.32 Å². The monoisotopic (exact) mass is 517 g/mol. The number of nitrogens with zero attached hydrogens (tertiary/aromatic N) is 2. The van der Waals surface area contributed by atoms with Gasteiger partial charge in [-0.15, -0.1) is 0 Å². The highest BCUT2D eigenvalue weighted by molar-refractivity contribution is 8.15. The third-order valence-corrected chi connectivity index (χ3v) is 6.64. The van der Waals surface area contributed by atoms with E-state index in [9.17, 15) is 9.59 Å². The van der Waals surface area contributed by atoms with Crippen LogP contribution in [0.4, 0.5) is 11.4 Å². The first-order valence-corrected chi connectivity index (χ1v) is 12.0. The van der Waals surface area contributed by atoms with Crippen LogP contribution in [0.2, 0.25) is 15.1 Å². The van der Waals surface area contributed by atoms with E-state index in [-0.39, 0.29) is 18.2 Å². The number of aliphatic imine (C=N–C) groups is 1. The Labute approximate surface area is 210 Å². The molecule has 1 saturated heterocycles. The molecule has 9 heteroatoms. The third-order valence-electron chi connectivity index (χ3n) is 4.78. The summed E-state index contributed by atoms with van der Waals surface area (Å²) in [7, 11) is 0. The summed E-state index contributed by atoms with van der Waals surface area (Å²) >= 11 is 19.4. The molecule has 1 atom stereocenters. The fourth-order valence-corrected chi connectivity index (χ4v) is 5.08. The summed E-state index contributed by atoms with van der Waals surface area (Å²) in [6.45, 7) is 0.352. The molecule has 0 aromatic heterocycles. The highest BCUT2D eigenvalue weighted by atomic mass is 35.5. The smallest absolute Gasteiger partial charge is 0.238 e. The van der Waals surface area contributed by atoms with Crippen molar-refractivity contribution < 1.29 is 9.59 Å². The highest BCUT2D eigenvalue weighted by Gasteiger charge is 2.36. The molecular weight excluding hydrogens is 501 g/mol. The minimum absolute atomic E-state index is 0.0339. The average molecular weight is 519 g/mol. The summed E-state index contributed by atoms with van der Waals surface area (Å²) in [5.41, 5.74) is 2.02. The SMILES string of the molecule is O=C(Nc1cc(Cl)cc(Cl)c1)C1CC(=O)N(Cc2ccccc2)C(=Nc2cccc(Cl)c2)S1. The molecule has 0 aliphatic carbocycles. The van der Waals surface area contributed by atoms with Crippen LogP contribution in [0.1, 0.15) is 12.0 Å². The average Bonchev–Trinajstić information content (AvgIpc) is 2.76. The fraction of sp³-hybridized carbons (Fsp3) is 0.125. The minimum atomic E-state index is -0.666. The van der Waals surface area contributed by atoms with Crippen molar-refractivity contribution in [2.24, 2.45) is 4.99 Å². The van der Waals surface area contributed by atoms with Gasteiger partial charge >= 0.3 is 0 Å². The van der Waals surface area contributed by atoms with Gasteiger partial charge in [0.05, 0.1) is 12.2 Å². The number of thioether (sulfide) groups is 1. The molecule has 168 valence electrons. The van der Waals surface area contributed by atoms with Gasteiger partial charge in [-0.3, -0.25) is 14.5 Å². The zero-order valence-corrected chi connectivity index (χ0v) is 20.3. The lowest BCUT2D eigenvalue weighted by atomic mass is 10.2. The van der Waals surface area contributed by atoms with Crippen molar-refractivity contribution in [3.8, 4) is 0 Å². The predicted octanol–water partition coefficient (Wildman–Crippen LogP) is 6.81. The second kappa shape index (κ2) is 10.6. The van der Waals surface area contributed by atoms with Gasteiger partial charge in [0, 0.05) is 27.2 Å².